The minimum Gasteiger partial charge on any atom is -0.756 e. The summed E-state index contributed by atoms with van der Waals surface area (Å²) in [6.45, 7) is -2.43. The summed E-state index contributed by atoms with van der Waals surface area (Å²) >= 11 is 0. The predicted octanol–water partition coefficient (Wildman–Crippen LogP) is 15.1. The first-order valence-corrected chi connectivity index (χ1v) is 25.4. The number of hydrogen-bond acceptors (Lipinski definition) is 8. The van der Waals surface area contributed by atoms with E-state index >= 15 is 0 Å². The Kier molecular flexibility index (Phi) is 27.3. The standard InChI is InChI=1S/C44H46F34NO8P/c1-79(2,3)22-23-85-88(82,83)86-25-26(87-28(81)19-15-11-7-5-9-13-17-21-30(47,48)32(51,52)34(55,56)36(59,60)38(63,64)40(67,68)42(71,72)44(76,77)78)24-84-27(80)18-14-10-6-4-8-12-16-20-29(45,46)31(49,50)33(53,54)35(57,58)37(61,62)39(65,66)41(69,70)43(73,74)75/h26H,4-15,18-19,22-25H2,1-3H3/t26-/m1/s1. The molecule has 0 bridgehead atoms. The summed E-state index contributed by atoms with van der Waals surface area (Å²) < 4.78 is 488. The fourth-order valence-corrected chi connectivity index (χ4v) is 6.84. The topological polar surface area (TPSA) is 111 Å². The summed E-state index contributed by atoms with van der Waals surface area (Å²) in [5.74, 6) is -116. The summed E-state index contributed by atoms with van der Waals surface area (Å²) in [4.78, 5) is 37.2. The van der Waals surface area contributed by atoms with Crippen LogP contribution in [0.5, 0.6) is 0 Å². The number of unbranched alkanes of at least 4 members (excludes halogenated alkanes) is 10. The third-order valence-corrected chi connectivity index (χ3v) is 12.4. The van der Waals surface area contributed by atoms with Crippen LogP contribution in [0.15, 0.2) is 0 Å². The van der Waals surface area contributed by atoms with Crippen LogP contribution in [0.4, 0.5) is 149 Å². The van der Waals surface area contributed by atoms with E-state index in [1.54, 1.807) is 21.1 Å². The zero-order valence-electron chi connectivity index (χ0n) is 44.3. The first kappa shape index (κ1) is 83.8. The van der Waals surface area contributed by atoms with E-state index in [1.807, 2.05) is 0 Å². The number of phosphoric ester groups is 1. The Bertz CT molecular complexity index is 2470. The molecule has 0 heterocycles. The maximum absolute atomic E-state index is 14.0. The Morgan fingerprint density at radius 3 is 1.00 bits per heavy atom. The van der Waals surface area contributed by atoms with Crippen LogP contribution in [0.25, 0.3) is 0 Å². The van der Waals surface area contributed by atoms with Crippen molar-refractivity contribution < 1.29 is 191 Å². The van der Waals surface area contributed by atoms with E-state index in [4.69, 9.17) is 9.47 Å². The van der Waals surface area contributed by atoms with Crippen LogP contribution in [0.3, 0.4) is 0 Å². The number of quaternary nitrogens is 1. The Labute approximate surface area is 473 Å². The maximum Gasteiger partial charge on any atom is 0.460 e. The smallest absolute Gasteiger partial charge is 0.460 e. The zero-order chi connectivity index (χ0) is 70.1. The van der Waals surface area contributed by atoms with Gasteiger partial charge in [-0.15, -0.1) is 0 Å². The van der Waals surface area contributed by atoms with Crippen LogP contribution < -0.4 is 4.89 Å². The number of ether oxygens (including phenoxy) is 2. The molecule has 0 rings (SSSR count). The summed E-state index contributed by atoms with van der Waals surface area (Å²) in [7, 11) is -0.311. The van der Waals surface area contributed by atoms with Crippen LogP contribution in [0.1, 0.15) is 89.9 Å². The largest absolute Gasteiger partial charge is 0.756 e. The summed E-state index contributed by atoms with van der Waals surface area (Å²) in [6, 6.07) is 0. The van der Waals surface area contributed by atoms with Crippen molar-refractivity contribution in [2.75, 3.05) is 47.5 Å². The molecule has 0 saturated heterocycles. The maximum atomic E-state index is 14.0. The molecule has 0 aliphatic rings. The number of alkyl halides is 34. The fourth-order valence-electron chi connectivity index (χ4n) is 6.12. The number of rotatable bonds is 36. The zero-order valence-corrected chi connectivity index (χ0v) is 45.2. The van der Waals surface area contributed by atoms with Gasteiger partial charge in [0.05, 0.1) is 27.7 Å². The highest BCUT2D eigenvalue weighted by Gasteiger charge is 2.97. The molecule has 0 aliphatic carbocycles. The van der Waals surface area contributed by atoms with Crippen molar-refractivity contribution in [3.05, 3.63) is 0 Å². The van der Waals surface area contributed by atoms with E-state index in [0.29, 0.717) is 0 Å². The molecule has 0 aromatic heterocycles. The van der Waals surface area contributed by atoms with Crippen LogP contribution in [-0.2, 0) is 32.7 Å². The molecule has 0 fully saturated rings. The number of carbonyl (C=O) groups is 2. The minimum absolute atomic E-state index is 0.0212. The lowest BCUT2D eigenvalue weighted by atomic mass is 9.89. The molecule has 0 aromatic rings. The van der Waals surface area contributed by atoms with E-state index in [2.05, 4.69) is 9.05 Å². The summed E-state index contributed by atoms with van der Waals surface area (Å²) in [5.41, 5.74) is 0. The Morgan fingerprint density at radius 1 is 0.398 bits per heavy atom. The first-order chi connectivity index (χ1) is 38.8. The van der Waals surface area contributed by atoms with Crippen LogP contribution in [0.2, 0.25) is 0 Å². The van der Waals surface area contributed by atoms with E-state index in [1.165, 1.54) is 0 Å². The Hall–Kier alpha value is -4.25. The molecule has 0 aliphatic heterocycles. The second-order valence-corrected chi connectivity index (χ2v) is 21.0. The molecule has 0 radical (unpaired) electrons. The molecule has 0 spiro atoms. The second-order valence-electron chi connectivity index (χ2n) is 19.6. The van der Waals surface area contributed by atoms with Gasteiger partial charge in [-0.1, -0.05) is 50.4 Å². The van der Waals surface area contributed by atoms with Crippen LogP contribution in [-0.4, -0.2) is 165 Å². The molecule has 518 valence electrons. The van der Waals surface area contributed by atoms with Crippen molar-refractivity contribution in [2.45, 2.75) is 191 Å². The Morgan fingerprint density at radius 2 is 0.682 bits per heavy atom. The molecular formula is C44H46F34NO8P. The highest BCUT2D eigenvalue weighted by atomic mass is 31.2. The quantitative estimate of drug-likeness (QED) is 0.0152. The van der Waals surface area contributed by atoms with Gasteiger partial charge in [-0.05, 0) is 37.5 Å². The van der Waals surface area contributed by atoms with Crippen LogP contribution >= 0.6 is 7.82 Å². The molecule has 0 saturated carbocycles. The third kappa shape index (κ3) is 18.3. The molecule has 9 nitrogen and oxygen atoms in total. The van der Waals surface area contributed by atoms with Gasteiger partial charge in [-0.25, -0.2) is 0 Å². The molecule has 88 heavy (non-hydrogen) atoms. The van der Waals surface area contributed by atoms with Gasteiger partial charge in [-0.2, -0.15) is 149 Å². The number of nitrogens with zero attached hydrogens (tertiary/aromatic N) is 1. The lowest BCUT2D eigenvalue weighted by molar-refractivity contribution is -0.870. The predicted molar refractivity (Wildman–Crippen MR) is 225 cm³/mol. The van der Waals surface area contributed by atoms with Crippen molar-refractivity contribution in [3.8, 4) is 23.7 Å². The summed E-state index contributed by atoms with van der Waals surface area (Å²) in [5, 5.41) is 0. The molecule has 0 N–H and O–H groups in total. The Balaban J connectivity index is 5.58. The van der Waals surface area contributed by atoms with Gasteiger partial charge < -0.3 is 27.9 Å². The number of esters is 2. The normalized spacial score (nSPS) is 15.8. The average molecular weight is 1390 g/mol. The molecular weight excluding hydrogens is 1350 g/mol. The number of halogens is 34. The lowest BCUT2D eigenvalue weighted by Gasteiger charge is -2.42. The number of phosphoric acid groups is 1. The van der Waals surface area contributed by atoms with E-state index in [0.717, 1.165) is 11.8 Å². The first-order valence-electron chi connectivity index (χ1n) is 24.0. The number of carbonyl (C=O) groups excluding carboxylic acids is 2. The van der Waals surface area contributed by atoms with E-state index in [9.17, 15) is 168 Å². The molecule has 0 amide bonds. The molecule has 44 heteroatoms. The van der Waals surface area contributed by atoms with Crippen molar-refractivity contribution in [3.63, 3.8) is 0 Å². The highest BCUT2D eigenvalue weighted by molar-refractivity contribution is 7.45. The van der Waals surface area contributed by atoms with Crippen molar-refractivity contribution in [1.82, 2.24) is 0 Å². The van der Waals surface area contributed by atoms with Gasteiger partial charge >= 0.3 is 107 Å². The van der Waals surface area contributed by atoms with Gasteiger partial charge in [0.15, 0.2) is 6.10 Å². The number of hydrogen-bond donors (Lipinski definition) is 0. The monoisotopic (exact) mass is 1390 g/mol. The van der Waals surface area contributed by atoms with Gasteiger partial charge in [0.2, 0.25) is 0 Å². The third-order valence-electron chi connectivity index (χ3n) is 11.5. The van der Waals surface area contributed by atoms with Crippen molar-refractivity contribution in [2.24, 2.45) is 0 Å². The van der Waals surface area contributed by atoms with Crippen molar-refractivity contribution in [1.29, 1.82) is 0 Å². The van der Waals surface area contributed by atoms with E-state index < -0.39 is 179 Å². The SMILES string of the molecule is C[N+](C)(C)CCOP(=O)([O-])OC[C@@H](COC(=O)CCCCCCCC#CC(F)(F)C(F)(F)C(F)(F)C(F)(F)C(F)(F)C(F)(F)C(F)(F)C(F)(F)F)OC(=O)CCCCCCCC#CC(F)(F)C(F)(F)C(F)(F)C(F)(F)C(F)(F)C(F)(F)C(F)(F)C(F)(F)F. The molecule has 1 unspecified atom stereocenters. The number of likely N-dealkylation sites (N-methyl/N-ethyl adjacent to an activating group) is 1. The molecule has 2 atom stereocenters. The second kappa shape index (κ2) is 28.7. The van der Waals surface area contributed by atoms with Gasteiger partial charge in [0.25, 0.3) is 7.82 Å². The van der Waals surface area contributed by atoms with Crippen molar-refractivity contribution >= 4 is 19.8 Å². The molecule has 0 aromatic carbocycles. The van der Waals surface area contributed by atoms with Gasteiger partial charge in [0.1, 0.15) is 19.8 Å². The van der Waals surface area contributed by atoms with Crippen LogP contribution in [0, 0.1) is 23.7 Å². The average Bonchev–Trinajstić information content (AvgIpc) is 0.710. The summed E-state index contributed by atoms with van der Waals surface area (Å²) in [6.07, 6.45) is -22.7. The lowest BCUT2D eigenvalue weighted by Crippen LogP contribution is -2.74. The minimum atomic E-state index is -8.81. The van der Waals surface area contributed by atoms with Gasteiger partial charge in [0, 0.05) is 25.7 Å². The highest BCUT2D eigenvalue weighted by Crippen LogP contribution is 2.66. The van der Waals surface area contributed by atoms with Gasteiger partial charge in [-0.3, -0.25) is 14.2 Å². The fraction of sp³-hybridized carbons (Fsp3) is 0.864. The van der Waals surface area contributed by atoms with E-state index in [-0.39, 0.29) is 74.2 Å².